The normalized spacial score (nSPS) is 16.0. The van der Waals surface area contributed by atoms with Crippen LogP contribution in [0.3, 0.4) is 0 Å². The van der Waals surface area contributed by atoms with E-state index in [1.54, 1.807) is 30.9 Å². The highest BCUT2D eigenvalue weighted by Crippen LogP contribution is 2.24. The van der Waals surface area contributed by atoms with E-state index in [4.69, 9.17) is 5.11 Å². The van der Waals surface area contributed by atoms with Crippen LogP contribution in [0.4, 0.5) is 0 Å². The average molecular weight is 291 g/mol. The summed E-state index contributed by atoms with van der Waals surface area (Å²) in [6.07, 6.45) is 1.52. The summed E-state index contributed by atoms with van der Waals surface area (Å²) in [4.78, 5) is 25.9. The van der Waals surface area contributed by atoms with Crippen LogP contribution >= 0.6 is 0 Å². The number of aryl methyl sites for hydroxylation is 2. The molecule has 5 heteroatoms. The molecule has 1 aromatic rings. The van der Waals surface area contributed by atoms with Crippen molar-refractivity contribution in [2.75, 3.05) is 19.7 Å². The number of hydrogen-bond acceptors (Lipinski definition) is 3. The number of benzene rings is 1. The van der Waals surface area contributed by atoms with Crippen molar-refractivity contribution in [2.45, 2.75) is 26.7 Å². The fourth-order valence-corrected chi connectivity index (χ4v) is 2.84. The van der Waals surface area contributed by atoms with Crippen LogP contribution < -0.4 is 0 Å². The number of carbonyl (C=O) groups excluding carboxylic acids is 1. The first-order valence-electron chi connectivity index (χ1n) is 7.19. The first-order valence-corrected chi connectivity index (χ1v) is 7.19. The highest BCUT2D eigenvalue weighted by molar-refractivity contribution is 6.06. The predicted molar refractivity (Wildman–Crippen MR) is 78.6 cm³/mol. The standard InChI is InChI=1S/C16H21NO4/c1-10-3-4-11(2)14(16(20)21)13(10)15(19)17-7-5-12(9-18)6-8-17/h3-4,12,18H,5-9H2,1-2H3,(H,20,21). The lowest BCUT2D eigenvalue weighted by atomic mass is 9.93. The van der Waals surface area contributed by atoms with Crippen molar-refractivity contribution in [2.24, 2.45) is 5.92 Å². The van der Waals surface area contributed by atoms with Gasteiger partial charge < -0.3 is 15.1 Å². The van der Waals surface area contributed by atoms with E-state index in [0.717, 1.165) is 12.8 Å². The number of carboxylic acids is 1. The van der Waals surface area contributed by atoms with Crippen LogP contribution in [-0.4, -0.2) is 46.7 Å². The van der Waals surface area contributed by atoms with Crippen molar-refractivity contribution in [1.29, 1.82) is 0 Å². The maximum Gasteiger partial charge on any atom is 0.336 e. The third kappa shape index (κ3) is 3.08. The average Bonchev–Trinajstić information content (AvgIpc) is 2.48. The number of carbonyl (C=O) groups is 2. The lowest BCUT2D eigenvalue weighted by molar-refractivity contribution is 0.0626. The zero-order valence-electron chi connectivity index (χ0n) is 12.4. The summed E-state index contributed by atoms with van der Waals surface area (Å²) in [7, 11) is 0. The molecule has 0 unspecified atom stereocenters. The molecule has 0 aromatic heterocycles. The molecular formula is C16H21NO4. The molecule has 1 fully saturated rings. The first kappa shape index (κ1) is 15.5. The number of aliphatic hydroxyl groups is 1. The Bertz CT molecular complexity index is 560. The van der Waals surface area contributed by atoms with Crippen LogP contribution in [0.5, 0.6) is 0 Å². The molecule has 1 amide bonds. The molecule has 2 rings (SSSR count). The molecule has 114 valence electrons. The number of piperidine rings is 1. The van der Waals surface area contributed by atoms with Gasteiger partial charge in [-0.1, -0.05) is 12.1 Å². The Balaban J connectivity index is 2.32. The van der Waals surface area contributed by atoms with Crippen molar-refractivity contribution in [3.05, 3.63) is 34.4 Å². The fraction of sp³-hybridized carbons (Fsp3) is 0.500. The highest BCUT2D eigenvalue weighted by Gasteiger charge is 2.28. The van der Waals surface area contributed by atoms with Crippen LogP contribution in [-0.2, 0) is 0 Å². The lowest BCUT2D eigenvalue weighted by Crippen LogP contribution is -2.40. The summed E-state index contributed by atoms with van der Waals surface area (Å²) in [6.45, 7) is 4.75. The molecule has 0 radical (unpaired) electrons. The van der Waals surface area contributed by atoms with E-state index in [1.807, 2.05) is 0 Å². The molecule has 1 heterocycles. The fourth-order valence-electron chi connectivity index (χ4n) is 2.84. The second kappa shape index (κ2) is 6.26. The predicted octanol–water partition coefficient (Wildman–Crippen LogP) is 1.85. The molecule has 0 saturated carbocycles. The van der Waals surface area contributed by atoms with Crippen molar-refractivity contribution in [1.82, 2.24) is 4.90 Å². The topological polar surface area (TPSA) is 77.8 Å². The molecule has 21 heavy (non-hydrogen) atoms. The molecule has 1 aliphatic rings. The molecular weight excluding hydrogens is 270 g/mol. The Kier molecular flexibility index (Phi) is 4.63. The van der Waals surface area contributed by atoms with Gasteiger partial charge in [0.25, 0.3) is 5.91 Å². The summed E-state index contributed by atoms with van der Waals surface area (Å²) >= 11 is 0. The van der Waals surface area contributed by atoms with Crippen LogP contribution in [0.25, 0.3) is 0 Å². The van der Waals surface area contributed by atoms with E-state index in [0.29, 0.717) is 29.8 Å². The van der Waals surface area contributed by atoms with Gasteiger partial charge in [-0.05, 0) is 43.7 Å². The highest BCUT2D eigenvalue weighted by atomic mass is 16.4. The van der Waals surface area contributed by atoms with Gasteiger partial charge in [0.05, 0.1) is 11.1 Å². The van der Waals surface area contributed by atoms with Crippen molar-refractivity contribution in [3.8, 4) is 0 Å². The number of likely N-dealkylation sites (tertiary alicyclic amines) is 1. The van der Waals surface area contributed by atoms with E-state index >= 15 is 0 Å². The zero-order chi connectivity index (χ0) is 15.6. The zero-order valence-corrected chi connectivity index (χ0v) is 12.4. The molecule has 2 N–H and O–H groups in total. The summed E-state index contributed by atoms with van der Waals surface area (Å²) in [6, 6.07) is 3.52. The van der Waals surface area contributed by atoms with Crippen molar-refractivity contribution >= 4 is 11.9 Å². The summed E-state index contributed by atoms with van der Waals surface area (Å²) < 4.78 is 0. The van der Waals surface area contributed by atoms with Crippen molar-refractivity contribution in [3.63, 3.8) is 0 Å². The van der Waals surface area contributed by atoms with Crippen LogP contribution in [0.1, 0.15) is 44.7 Å². The number of amides is 1. The van der Waals surface area contributed by atoms with Crippen molar-refractivity contribution < 1.29 is 19.8 Å². The van der Waals surface area contributed by atoms with Crippen LogP contribution in [0.2, 0.25) is 0 Å². The number of carboxylic acid groups (broad SMARTS) is 1. The molecule has 1 aromatic carbocycles. The van der Waals surface area contributed by atoms with E-state index < -0.39 is 5.97 Å². The van der Waals surface area contributed by atoms with Gasteiger partial charge in [0, 0.05) is 19.7 Å². The first-order chi connectivity index (χ1) is 9.95. The molecule has 1 aliphatic heterocycles. The summed E-state index contributed by atoms with van der Waals surface area (Å²) in [5.74, 6) is -1.04. The van der Waals surface area contributed by atoms with E-state index in [2.05, 4.69) is 0 Å². The molecule has 5 nitrogen and oxygen atoms in total. The monoisotopic (exact) mass is 291 g/mol. The van der Waals surface area contributed by atoms with Gasteiger partial charge in [-0.3, -0.25) is 4.79 Å². The van der Waals surface area contributed by atoms with Gasteiger partial charge in [-0.25, -0.2) is 4.79 Å². The lowest BCUT2D eigenvalue weighted by Gasteiger charge is -2.32. The van der Waals surface area contributed by atoms with Gasteiger partial charge in [-0.15, -0.1) is 0 Å². The van der Waals surface area contributed by atoms with E-state index in [1.165, 1.54) is 0 Å². The Morgan fingerprint density at radius 3 is 2.14 bits per heavy atom. The quantitative estimate of drug-likeness (QED) is 0.891. The van der Waals surface area contributed by atoms with Gasteiger partial charge >= 0.3 is 5.97 Å². The third-order valence-corrected chi connectivity index (χ3v) is 4.21. The minimum absolute atomic E-state index is 0.101. The van der Waals surface area contributed by atoms with Gasteiger partial charge in [0.2, 0.25) is 0 Å². The largest absolute Gasteiger partial charge is 0.478 e. The molecule has 0 aliphatic carbocycles. The third-order valence-electron chi connectivity index (χ3n) is 4.21. The number of hydrogen-bond donors (Lipinski definition) is 2. The Morgan fingerprint density at radius 2 is 1.67 bits per heavy atom. The summed E-state index contributed by atoms with van der Waals surface area (Å²) in [5.41, 5.74) is 1.68. The number of aliphatic hydroxyl groups excluding tert-OH is 1. The van der Waals surface area contributed by atoms with E-state index in [-0.39, 0.29) is 24.0 Å². The van der Waals surface area contributed by atoms with Crippen LogP contribution in [0.15, 0.2) is 12.1 Å². The van der Waals surface area contributed by atoms with Gasteiger partial charge in [0.1, 0.15) is 0 Å². The molecule has 0 bridgehead atoms. The van der Waals surface area contributed by atoms with Gasteiger partial charge in [-0.2, -0.15) is 0 Å². The van der Waals surface area contributed by atoms with Gasteiger partial charge in [0.15, 0.2) is 0 Å². The molecule has 0 spiro atoms. The second-order valence-electron chi connectivity index (χ2n) is 5.67. The Hall–Kier alpha value is -1.88. The molecule has 1 saturated heterocycles. The molecule has 0 atom stereocenters. The van der Waals surface area contributed by atoms with Crippen LogP contribution in [0, 0.1) is 19.8 Å². The number of rotatable bonds is 3. The number of nitrogens with zero attached hydrogens (tertiary/aromatic N) is 1. The Morgan fingerprint density at radius 1 is 1.14 bits per heavy atom. The second-order valence-corrected chi connectivity index (χ2v) is 5.67. The maximum absolute atomic E-state index is 12.7. The summed E-state index contributed by atoms with van der Waals surface area (Å²) in [5, 5.41) is 18.5. The minimum atomic E-state index is -1.07. The smallest absolute Gasteiger partial charge is 0.336 e. The maximum atomic E-state index is 12.7. The number of aromatic carboxylic acids is 1. The minimum Gasteiger partial charge on any atom is -0.478 e. The van der Waals surface area contributed by atoms with E-state index in [9.17, 15) is 14.7 Å². The Labute approximate surface area is 124 Å². The SMILES string of the molecule is Cc1ccc(C)c(C(=O)N2CCC(CO)CC2)c1C(=O)O.